The number of hydrogen-bond acceptors (Lipinski definition) is 5. The number of rotatable bonds is 13. The Kier molecular flexibility index (Phi) is 14.3. The van der Waals surface area contributed by atoms with Crippen molar-refractivity contribution in [3.05, 3.63) is 63.9 Å². The smallest absolute Gasteiger partial charge is 0.410 e. The summed E-state index contributed by atoms with van der Waals surface area (Å²) in [6.07, 6.45) is 5.91. The zero-order valence-corrected chi connectivity index (χ0v) is 27.2. The third-order valence-electron chi connectivity index (χ3n) is 6.06. The van der Waals surface area contributed by atoms with Crippen molar-refractivity contribution in [1.82, 2.24) is 15.2 Å². The lowest BCUT2D eigenvalue weighted by Gasteiger charge is -2.27. The van der Waals surface area contributed by atoms with Gasteiger partial charge in [0.05, 0.1) is 22.9 Å². The summed E-state index contributed by atoms with van der Waals surface area (Å²) in [4.78, 5) is 30.7. The predicted molar refractivity (Wildman–Crippen MR) is 170 cm³/mol. The molecule has 0 radical (unpaired) electrons. The van der Waals surface area contributed by atoms with Crippen LogP contribution in [0.25, 0.3) is 0 Å². The molecule has 42 heavy (non-hydrogen) atoms. The first-order chi connectivity index (χ1) is 19.8. The van der Waals surface area contributed by atoms with Gasteiger partial charge >= 0.3 is 6.09 Å². The standard InChI is InChI=1S/C34H48ClN3O4/c1-8-21-38(32(40)42-34(5,6)7)22-10-9-11-30-29(35)24-28(25-37-30)17-16-26-12-14-27(15-13-26)18-20-36-31(39)19-23-41-33(2,3)4/h12-15,24-25H,8-11,18-23H2,1-7H3,(H,36,39). The Morgan fingerprint density at radius 1 is 0.952 bits per heavy atom. The second-order valence-electron chi connectivity index (χ2n) is 12.3. The lowest BCUT2D eigenvalue weighted by Crippen LogP contribution is -2.37. The fraction of sp³-hybridized carbons (Fsp3) is 0.559. The van der Waals surface area contributed by atoms with Crippen LogP contribution in [0.2, 0.25) is 5.02 Å². The summed E-state index contributed by atoms with van der Waals surface area (Å²) in [7, 11) is 0. The van der Waals surface area contributed by atoms with Crippen LogP contribution >= 0.6 is 11.6 Å². The number of hydrogen-bond donors (Lipinski definition) is 1. The van der Waals surface area contributed by atoms with Crippen LogP contribution in [0.5, 0.6) is 0 Å². The molecular formula is C34H48ClN3O4. The van der Waals surface area contributed by atoms with Gasteiger partial charge in [0.25, 0.3) is 0 Å². The molecule has 2 aromatic rings. The van der Waals surface area contributed by atoms with Gasteiger partial charge in [0, 0.05) is 43.4 Å². The number of aromatic nitrogens is 1. The van der Waals surface area contributed by atoms with Gasteiger partial charge in [0.1, 0.15) is 5.60 Å². The molecule has 0 atom stereocenters. The first-order valence-electron chi connectivity index (χ1n) is 14.9. The Labute approximate surface area is 257 Å². The molecule has 1 N–H and O–H groups in total. The molecular weight excluding hydrogens is 550 g/mol. The molecule has 0 unspecified atom stereocenters. The summed E-state index contributed by atoms with van der Waals surface area (Å²) in [5.41, 5.74) is 2.87. The first-order valence-corrected chi connectivity index (χ1v) is 15.3. The molecule has 0 saturated carbocycles. The van der Waals surface area contributed by atoms with Crippen LogP contribution in [-0.4, -0.2) is 59.3 Å². The quantitative estimate of drug-likeness (QED) is 0.199. The van der Waals surface area contributed by atoms with Crippen molar-refractivity contribution in [3.8, 4) is 11.8 Å². The molecule has 0 aliphatic heterocycles. The number of aryl methyl sites for hydroxylation is 1. The highest BCUT2D eigenvalue weighted by Gasteiger charge is 2.21. The van der Waals surface area contributed by atoms with E-state index in [-0.39, 0.29) is 17.6 Å². The molecule has 7 nitrogen and oxygen atoms in total. The van der Waals surface area contributed by atoms with Crippen LogP contribution in [0, 0.1) is 11.8 Å². The number of pyridine rings is 1. The Morgan fingerprint density at radius 3 is 2.26 bits per heavy atom. The maximum absolute atomic E-state index is 12.4. The van der Waals surface area contributed by atoms with Gasteiger partial charge in [-0.05, 0) is 97.4 Å². The van der Waals surface area contributed by atoms with Gasteiger partial charge in [-0.1, -0.05) is 42.5 Å². The minimum atomic E-state index is -0.503. The zero-order valence-electron chi connectivity index (χ0n) is 26.4. The summed E-state index contributed by atoms with van der Waals surface area (Å²) in [6.45, 7) is 15.9. The van der Waals surface area contributed by atoms with Crippen LogP contribution in [0.4, 0.5) is 4.79 Å². The van der Waals surface area contributed by atoms with E-state index in [1.807, 2.05) is 71.9 Å². The van der Waals surface area contributed by atoms with E-state index in [4.69, 9.17) is 21.1 Å². The van der Waals surface area contributed by atoms with Gasteiger partial charge in [-0.15, -0.1) is 0 Å². The number of unbranched alkanes of at least 4 members (excludes halogenated alkanes) is 1. The van der Waals surface area contributed by atoms with E-state index in [1.165, 1.54) is 0 Å². The number of benzene rings is 1. The number of amides is 2. The van der Waals surface area contributed by atoms with E-state index in [0.717, 1.165) is 54.5 Å². The van der Waals surface area contributed by atoms with E-state index < -0.39 is 5.60 Å². The molecule has 230 valence electrons. The molecule has 0 fully saturated rings. The maximum atomic E-state index is 12.4. The van der Waals surface area contributed by atoms with Crippen LogP contribution in [0.1, 0.15) is 96.5 Å². The number of nitrogens with zero attached hydrogens (tertiary/aromatic N) is 2. The second-order valence-corrected chi connectivity index (χ2v) is 12.7. The molecule has 0 bridgehead atoms. The monoisotopic (exact) mass is 597 g/mol. The second kappa shape index (κ2) is 17.1. The van der Waals surface area contributed by atoms with Crippen LogP contribution in [0.15, 0.2) is 36.5 Å². The molecule has 1 aromatic carbocycles. The van der Waals surface area contributed by atoms with Crippen molar-refractivity contribution in [1.29, 1.82) is 0 Å². The van der Waals surface area contributed by atoms with Gasteiger partial charge in [0.2, 0.25) is 5.91 Å². The SMILES string of the molecule is CCCN(CCCCc1ncc(C#Cc2ccc(CCNC(=O)CCOC(C)(C)C)cc2)cc1Cl)C(=O)OC(C)(C)C. The number of nitrogens with one attached hydrogen (secondary N) is 1. The summed E-state index contributed by atoms with van der Waals surface area (Å²) in [5.74, 6) is 6.30. The van der Waals surface area contributed by atoms with Crippen LogP contribution in [-0.2, 0) is 27.1 Å². The highest BCUT2D eigenvalue weighted by atomic mass is 35.5. The average molecular weight is 598 g/mol. The lowest BCUT2D eigenvalue weighted by atomic mass is 10.1. The Balaban J connectivity index is 1.79. The summed E-state index contributed by atoms with van der Waals surface area (Å²) < 4.78 is 11.1. The van der Waals surface area contributed by atoms with Gasteiger partial charge in [-0.3, -0.25) is 9.78 Å². The summed E-state index contributed by atoms with van der Waals surface area (Å²) in [6, 6.07) is 9.85. The van der Waals surface area contributed by atoms with Gasteiger partial charge < -0.3 is 19.7 Å². The van der Waals surface area contributed by atoms with E-state index in [0.29, 0.717) is 37.7 Å². The molecule has 1 aromatic heterocycles. The summed E-state index contributed by atoms with van der Waals surface area (Å²) in [5, 5.41) is 3.54. The minimum Gasteiger partial charge on any atom is -0.444 e. The Morgan fingerprint density at radius 2 is 1.64 bits per heavy atom. The molecule has 8 heteroatoms. The molecule has 0 spiro atoms. The molecule has 1 heterocycles. The highest BCUT2D eigenvalue weighted by Crippen LogP contribution is 2.18. The largest absolute Gasteiger partial charge is 0.444 e. The molecule has 0 saturated heterocycles. The van der Waals surface area contributed by atoms with E-state index in [9.17, 15) is 9.59 Å². The number of halogens is 1. The molecule has 0 aliphatic carbocycles. The van der Waals surface area contributed by atoms with Crippen LogP contribution in [0.3, 0.4) is 0 Å². The number of carbonyl (C=O) groups is 2. The molecule has 2 rings (SSSR count). The fourth-order valence-corrected chi connectivity index (χ4v) is 4.25. The third-order valence-corrected chi connectivity index (χ3v) is 6.39. The number of carbonyl (C=O) groups excluding carboxylic acids is 2. The Hall–Kier alpha value is -3.08. The van der Waals surface area contributed by atoms with Crippen molar-refractivity contribution in [2.75, 3.05) is 26.2 Å². The third kappa shape index (κ3) is 14.7. The van der Waals surface area contributed by atoms with Crippen molar-refractivity contribution in [2.45, 2.75) is 98.2 Å². The van der Waals surface area contributed by atoms with E-state index in [2.05, 4.69) is 29.1 Å². The van der Waals surface area contributed by atoms with Crippen LogP contribution < -0.4 is 5.32 Å². The van der Waals surface area contributed by atoms with E-state index in [1.54, 1.807) is 11.1 Å². The normalized spacial score (nSPS) is 11.4. The van der Waals surface area contributed by atoms with Crippen molar-refractivity contribution in [3.63, 3.8) is 0 Å². The Bertz CT molecular complexity index is 1200. The molecule has 2 amide bonds. The van der Waals surface area contributed by atoms with Gasteiger partial charge in [-0.25, -0.2) is 4.79 Å². The maximum Gasteiger partial charge on any atom is 0.410 e. The lowest BCUT2D eigenvalue weighted by molar-refractivity contribution is -0.123. The first kappa shape index (κ1) is 35.1. The summed E-state index contributed by atoms with van der Waals surface area (Å²) >= 11 is 6.51. The van der Waals surface area contributed by atoms with Crippen molar-refractivity contribution < 1.29 is 19.1 Å². The zero-order chi connectivity index (χ0) is 31.2. The van der Waals surface area contributed by atoms with Gasteiger partial charge in [-0.2, -0.15) is 0 Å². The van der Waals surface area contributed by atoms with Gasteiger partial charge in [0.15, 0.2) is 0 Å². The molecule has 0 aliphatic rings. The topological polar surface area (TPSA) is 80.8 Å². The highest BCUT2D eigenvalue weighted by molar-refractivity contribution is 6.31. The van der Waals surface area contributed by atoms with Crippen molar-refractivity contribution >= 4 is 23.6 Å². The fourth-order valence-electron chi connectivity index (χ4n) is 3.99. The predicted octanol–water partition coefficient (Wildman–Crippen LogP) is 6.97. The average Bonchev–Trinajstić information content (AvgIpc) is 2.89. The van der Waals surface area contributed by atoms with Crippen molar-refractivity contribution in [2.24, 2.45) is 0 Å². The minimum absolute atomic E-state index is 0.00293. The number of ether oxygens (including phenoxy) is 2. The van der Waals surface area contributed by atoms with E-state index >= 15 is 0 Å².